The van der Waals surface area contributed by atoms with Crippen molar-refractivity contribution in [2.75, 3.05) is 19.3 Å². The van der Waals surface area contributed by atoms with Crippen LogP contribution in [0.25, 0.3) is 10.1 Å². The maximum absolute atomic E-state index is 12.6. The standard InChI is InChI=1S/C16H19ClN2OS/c1-19(9-10-5-2-3-6-10)16(20)15-14(18)13-11(17)7-4-8-12(13)21-15/h4,7-8,10H,2-3,5-6,9,18H2,1H3. The SMILES string of the molecule is CN(CC1CCCC1)C(=O)c1sc2cccc(Cl)c2c1N. The van der Waals surface area contributed by atoms with Crippen LogP contribution in [0.5, 0.6) is 0 Å². The average Bonchev–Trinajstić information content (AvgIpc) is 3.07. The molecule has 1 aliphatic carbocycles. The lowest BCUT2D eigenvalue weighted by atomic mass is 10.1. The van der Waals surface area contributed by atoms with E-state index in [2.05, 4.69) is 0 Å². The van der Waals surface area contributed by atoms with E-state index in [1.54, 1.807) is 0 Å². The van der Waals surface area contributed by atoms with Crippen molar-refractivity contribution < 1.29 is 4.79 Å². The second-order valence-corrected chi connectivity index (χ2v) is 7.25. The topological polar surface area (TPSA) is 46.3 Å². The van der Waals surface area contributed by atoms with Gasteiger partial charge < -0.3 is 10.6 Å². The number of nitrogen functional groups attached to an aromatic ring is 1. The van der Waals surface area contributed by atoms with Gasteiger partial charge in [-0.1, -0.05) is 30.5 Å². The molecule has 21 heavy (non-hydrogen) atoms. The van der Waals surface area contributed by atoms with Gasteiger partial charge in [0.15, 0.2) is 0 Å². The van der Waals surface area contributed by atoms with E-state index >= 15 is 0 Å². The summed E-state index contributed by atoms with van der Waals surface area (Å²) >= 11 is 7.63. The van der Waals surface area contributed by atoms with Gasteiger partial charge in [0.2, 0.25) is 0 Å². The van der Waals surface area contributed by atoms with Crippen LogP contribution in [0.3, 0.4) is 0 Å². The van der Waals surface area contributed by atoms with Crippen molar-refractivity contribution in [1.82, 2.24) is 4.90 Å². The molecule has 0 atom stereocenters. The molecule has 3 nitrogen and oxygen atoms in total. The Morgan fingerprint density at radius 1 is 1.43 bits per heavy atom. The van der Waals surface area contributed by atoms with Gasteiger partial charge in [-0.3, -0.25) is 4.79 Å². The maximum Gasteiger partial charge on any atom is 0.265 e. The third kappa shape index (κ3) is 2.74. The maximum atomic E-state index is 12.6. The molecule has 3 rings (SSSR count). The van der Waals surface area contributed by atoms with E-state index in [1.165, 1.54) is 37.0 Å². The number of amides is 1. The minimum atomic E-state index is 0.0108. The summed E-state index contributed by atoms with van der Waals surface area (Å²) in [7, 11) is 1.87. The molecular formula is C16H19ClN2OS. The highest BCUT2D eigenvalue weighted by Crippen LogP contribution is 2.38. The van der Waals surface area contributed by atoms with Crippen molar-refractivity contribution in [3.63, 3.8) is 0 Å². The van der Waals surface area contributed by atoms with Crippen LogP contribution in [0.4, 0.5) is 5.69 Å². The number of hydrogen-bond acceptors (Lipinski definition) is 3. The summed E-state index contributed by atoms with van der Waals surface area (Å²) in [6.45, 7) is 0.820. The molecule has 0 unspecified atom stereocenters. The Labute approximate surface area is 133 Å². The summed E-state index contributed by atoms with van der Waals surface area (Å²) in [5.41, 5.74) is 6.68. The summed E-state index contributed by atoms with van der Waals surface area (Å²) < 4.78 is 0.970. The van der Waals surface area contributed by atoms with Gasteiger partial charge in [-0.15, -0.1) is 11.3 Å². The molecule has 1 aromatic heterocycles. The Bertz CT molecular complexity index is 676. The van der Waals surface area contributed by atoms with Gasteiger partial charge in [0, 0.05) is 23.7 Å². The van der Waals surface area contributed by atoms with Crippen LogP contribution in [0.1, 0.15) is 35.4 Å². The molecule has 112 valence electrons. The van der Waals surface area contributed by atoms with Crippen LogP contribution in [0.15, 0.2) is 18.2 Å². The highest BCUT2D eigenvalue weighted by Gasteiger charge is 2.24. The Balaban J connectivity index is 1.87. The average molecular weight is 323 g/mol. The Morgan fingerprint density at radius 2 is 2.14 bits per heavy atom. The minimum absolute atomic E-state index is 0.0108. The van der Waals surface area contributed by atoms with Gasteiger partial charge in [-0.2, -0.15) is 0 Å². The molecule has 1 aromatic carbocycles. The van der Waals surface area contributed by atoms with Crippen molar-refractivity contribution in [2.45, 2.75) is 25.7 Å². The van der Waals surface area contributed by atoms with Crippen LogP contribution < -0.4 is 5.73 Å². The zero-order chi connectivity index (χ0) is 15.0. The number of anilines is 1. The quantitative estimate of drug-likeness (QED) is 0.910. The number of nitrogens with zero attached hydrogens (tertiary/aromatic N) is 1. The summed E-state index contributed by atoms with van der Waals surface area (Å²) in [5, 5.41) is 1.42. The van der Waals surface area contributed by atoms with Crippen molar-refractivity contribution >= 4 is 44.6 Å². The number of benzene rings is 1. The molecule has 0 aliphatic heterocycles. The van der Waals surface area contributed by atoms with Gasteiger partial charge in [0.1, 0.15) is 4.88 Å². The summed E-state index contributed by atoms with van der Waals surface area (Å²) in [4.78, 5) is 15.1. The zero-order valence-corrected chi connectivity index (χ0v) is 13.6. The molecule has 2 N–H and O–H groups in total. The van der Waals surface area contributed by atoms with Gasteiger partial charge >= 0.3 is 0 Å². The molecule has 5 heteroatoms. The van der Waals surface area contributed by atoms with Crippen LogP contribution >= 0.6 is 22.9 Å². The van der Waals surface area contributed by atoms with Crippen LogP contribution in [0, 0.1) is 5.92 Å². The molecule has 0 spiro atoms. The van der Waals surface area contributed by atoms with Crippen molar-refractivity contribution in [3.05, 3.63) is 28.1 Å². The molecule has 2 aromatic rings. The van der Waals surface area contributed by atoms with E-state index in [9.17, 15) is 4.79 Å². The highest BCUT2D eigenvalue weighted by molar-refractivity contribution is 7.21. The Hall–Kier alpha value is -1.26. The third-order valence-corrected chi connectivity index (χ3v) is 5.72. The lowest BCUT2D eigenvalue weighted by molar-refractivity contribution is 0.0779. The monoisotopic (exact) mass is 322 g/mol. The van der Waals surface area contributed by atoms with Gasteiger partial charge in [-0.25, -0.2) is 0 Å². The molecule has 1 saturated carbocycles. The highest BCUT2D eigenvalue weighted by atomic mass is 35.5. The van der Waals surface area contributed by atoms with E-state index in [4.69, 9.17) is 17.3 Å². The van der Waals surface area contributed by atoms with Crippen molar-refractivity contribution in [1.29, 1.82) is 0 Å². The van der Waals surface area contributed by atoms with E-state index < -0.39 is 0 Å². The minimum Gasteiger partial charge on any atom is -0.397 e. The van der Waals surface area contributed by atoms with Gasteiger partial charge in [0.05, 0.1) is 10.7 Å². The number of halogens is 1. The summed E-state index contributed by atoms with van der Waals surface area (Å²) in [6.07, 6.45) is 5.03. The number of thiophene rings is 1. The number of rotatable bonds is 3. The van der Waals surface area contributed by atoms with E-state index in [-0.39, 0.29) is 5.91 Å². The van der Waals surface area contributed by atoms with E-state index in [0.717, 1.165) is 16.6 Å². The van der Waals surface area contributed by atoms with Crippen LogP contribution in [-0.2, 0) is 0 Å². The third-order valence-electron chi connectivity index (χ3n) is 4.25. The fraction of sp³-hybridized carbons (Fsp3) is 0.438. The number of hydrogen-bond donors (Lipinski definition) is 1. The lowest BCUT2D eigenvalue weighted by Gasteiger charge is -2.20. The molecule has 1 heterocycles. The lowest BCUT2D eigenvalue weighted by Crippen LogP contribution is -2.31. The first-order chi connectivity index (χ1) is 10.1. The summed E-state index contributed by atoms with van der Waals surface area (Å²) in [6, 6.07) is 5.65. The van der Waals surface area contributed by atoms with Crippen molar-refractivity contribution in [2.24, 2.45) is 5.92 Å². The largest absolute Gasteiger partial charge is 0.397 e. The number of carbonyl (C=O) groups excluding carboxylic acids is 1. The molecular weight excluding hydrogens is 304 g/mol. The summed E-state index contributed by atoms with van der Waals surface area (Å²) in [5.74, 6) is 0.648. The normalized spacial score (nSPS) is 15.7. The molecule has 1 amide bonds. The van der Waals surface area contributed by atoms with E-state index in [0.29, 0.717) is 21.5 Å². The second kappa shape index (κ2) is 5.85. The van der Waals surface area contributed by atoms with Gasteiger partial charge in [0.25, 0.3) is 5.91 Å². The molecule has 0 bridgehead atoms. The fourth-order valence-electron chi connectivity index (χ4n) is 3.12. The molecule has 0 saturated heterocycles. The number of fused-ring (bicyclic) bond motifs is 1. The molecule has 0 radical (unpaired) electrons. The number of nitrogens with two attached hydrogens (primary N) is 1. The first-order valence-corrected chi connectivity index (χ1v) is 8.49. The second-order valence-electron chi connectivity index (χ2n) is 5.79. The first-order valence-electron chi connectivity index (χ1n) is 7.30. The predicted octanol–water partition coefficient (Wildman–Crippen LogP) is 4.40. The van der Waals surface area contributed by atoms with Gasteiger partial charge in [-0.05, 0) is 30.9 Å². The molecule has 1 fully saturated rings. The van der Waals surface area contributed by atoms with Crippen molar-refractivity contribution in [3.8, 4) is 0 Å². The van der Waals surface area contributed by atoms with E-state index in [1.807, 2.05) is 30.1 Å². The number of carbonyl (C=O) groups is 1. The zero-order valence-electron chi connectivity index (χ0n) is 12.1. The molecule has 1 aliphatic rings. The fourth-order valence-corrected chi connectivity index (χ4v) is 4.60. The smallest absolute Gasteiger partial charge is 0.265 e. The first kappa shape index (κ1) is 14.7. The Kier molecular flexibility index (Phi) is 4.09. The van der Waals surface area contributed by atoms with Crippen LogP contribution in [0.2, 0.25) is 5.02 Å². The Morgan fingerprint density at radius 3 is 2.81 bits per heavy atom. The van der Waals surface area contributed by atoms with Crippen LogP contribution in [-0.4, -0.2) is 24.4 Å². The predicted molar refractivity (Wildman–Crippen MR) is 90.2 cm³/mol.